The third-order valence-corrected chi connectivity index (χ3v) is 3.74. The van der Waals surface area contributed by atoms with Gasteiger partial charge in [-0.15, -0.1) is 0 Å². The molecule has 1 aromatic rings. The number of benzene rings is 1. The zero-order valence-corrected chi connectivity index (χ0v) is 10.5. The minimum absolute atomic E-state index is 0.605. The van der Waals surface area contributed by atoms with E-state index in [0.717, 1.165) is 0 Å². The molecule has 1 saturated heterocycles. The lowest BCUT2D eigenvalue weighted by Gasteiger charge is -2.40. The highest BCUT2D eigenvalue weighted by atomic mass is 15.2. The highest BCUT2D eigenvalue weighted by Gasteiger charge is 2.28. The van der Waals surface area contributed by atoms with Crippen LogP contribution in [0.2, 0.25) is 0 Å². The lowest BCUT2D eigenvalue weighted by atomic mass is 9.89. The molecule has 0 saturated carbocycles. The Bertz CT molecular complexity index is 323. The van der Waals surface area contributed by atoms with Gasteiger partial charge in [0.2, 0.25) is 0 Å². The van der Waals surface area contributed by atoms with Crippen molar-refractivity contribution in [1.82, 2.24) is 4.90 Å². The van der Waals surface area contributed by atoms with Gasteiger partial charge in [-0.05, 0) is 38.4 Å². The van der Waals surface area contributed by atoms with E-state index >= 15 is 0 Å². The van der Waals surface area contributed by atoms with E-state index in [9.17, 15) is 0 Å². The Morgan fingerprint density at radius 3 is 2.56 bits per heavy atom. The predicted octanol–water partition coefficient (Wildman–Crippen LogP) is 2.83. The molecule has 3 atom stereocenters. The average Bonchev–Trinajstić information content (AvgIpc) is 2.27. The smallest absolute Gasteiger partial charge is 0.0342 e. The molecule has 1 N–H and O–H groups in total. The van der Waals surface area contributed by atoms with Crippen LogP contribution in [0.25, 0.3) is 0 Å². The Morgan fingerprint density at radius 2 is 1.88 bits per heavy atom. The minimum Gasteiger partial charge on any atom is -0.382 e. The maximum absolute atomic E-state index is 3.65. The zero-order valence-electron chi connectivity index (χ0n) is 10.5. The third kappa shape index (κ3) is 2.56. The van der Waals surface area contributed by atoms with Crippen molar-refractivity contribution in [2.45, 2.75) is 32.4 Å². The fourth-order valence-corrected chi connectivity index (χ4v) is 2.49. The molecule has 0 amide bonds. The standard InChI is InChI=1S/C14H22N2/c1-11-10-16(3)12(2)9-14(11)15-13-7-5-4-6-8-13/h4-8,11-12,14-15H,9-10H2,1-3H3/t11-,12-,14-/m1/s1. The van der Waals surface area contributed by atoms with Gasteiger partial charge in [0.05, 0.1) is 0 Å². The monoisotopic (exact) mass is 218 g/mol. The van der Waals surface area contributed by atoms with E-state index in [0.29, 0.717) is 18.0 Å². The first-order valence-electron chi connectivity index (χ1n) is 6.18. The van der Waals surface area contributed by atoms with Gasteiger partial charge in [-0.3, -0.25) is 0 Å². The molecule has 1 heterocycles. The van der Waals surface area contributed by atoms with Crippen molar-refractivity contribution in [3.05, 3.63) is 30.3 Å². The topological polar surface area (TPSA) is 15.3 Å². The molecule has 1 aliphatic heterocycles. The first-order chi connectivity index (χ1) is 7.66. The van der Waals surface area contributed by atoms with Crippen LogP contribution in [0.4, 0.5) is 5.69 Å². The van der Waals surface area contributed by atoms with E-state index < -0.39 is 0 Å². The van der Waals surface area contributed by atoms with Gasteiger partial charge in [-0.2, -0.15) is 0 Å². The SMILES string of the molecule is C[C@@H]1CN(C)[C@H](C)C[C@H]1Nc1ccccc1. The molecule has 2 rings (SSSR count). The van der Waals surface area contributed by atoms with Gasteiger partial charge in [-0.25, -0.2) is 0 Å². The number of para-hydroxylation sites is 1. The molecular formula is C14H22N2. The van der Waals surface area contributed by atoms with Gasteiger partial charge in [0, 0.05) is 24.3 Å². The Labute approximate surface area is 98.7 Å². The van der Waals surface area contributed by atoms with Crippen molar-refractivity contribution in [3.63, 3.8) is 0 Å². The summed E-state index contributed by atoms with van der Waals surface area (Å²) in [4.78, 5) is 2.45. The van der Waals surface area contributed by atoms with E-state index in [1.165, 1.54) is 18.7 Å². The molecule has 88 valence electrons. The Balaban J connectivity index is 2.00. The molecule has 0 unspecified atom stereocenters. The molecule has 2 heteroatoms. The number of hydrogen-bond acceptors (Lipinski definition) is 2. The number of nitrogens with zero attached hydrogens (tertiary/aromatic N) is 1. The molecule has 16 heavy (non-hydrogen) atoms. The Morgan fingerprint density at radius 1 is 1.19 bits per heavy atom. The van der Waals surface area contributed by atoms with Crippen LogP contribution in [-0.4, -0.2) is 30.6 Å². The van der Waals surface area contributed by atoms with Crippen molar-refractivity contribution in [2.75, 3.05) is 18.9 Å². The summed E-state index contributed by atoms with van der Waals surface area (Å²) in [7, 11) is 2.22. The van der Waals surface area contributed by atoms with E-state index in [1.54, 1.807) is 0 Å². The second-order valence-corrected chi connectivity index (χ2v) is 5.12. The van der Waals surface area contributed by atoms with Crippen LogP contribution in [0.1, 0.15) is 20.3 Å². The molecule has 0 bridgehead atoms. The van der Waals surface area contributed by atoms with Crippen LogP contribution in [0, 0.1) is 5.92 Å². The van der Waals surface area contributed by atoms with Crippen LogP contribution in [0.3, 0.4) is 0 Å². The summed E-state index contributed by atoms with van der Waals surface area (Å²) in [5, 5.41) is 3.65. The van der Waals surface area contributed by atoms with Crippen molar-refractivity contribution in [2.24, 2.45) is 5.92 Å². The van der Waals surface area contributed by atoms with Gasteiger partial charge in [0.25, 0.3) is 0 Å². The van der Waals surface area contributed by atoms with Gasteiger partial charge < -0.3 is 10.2 Å². The maximum atomic E-state index is 3.65. The molecule has 1 fully saturated rings. The van der Waals surface area contributed by atoms with Gasteiger partial charge in [0.15, 0.2) is 0 Å². The Kier molecular flexibility index (Phi) is 3.49. The van der Waals surface area contributed by atoms with Crippen molar-refractivity contribution in [1.29, 1.82) is 0 Å². The average molecular weight is 218 g/mol. The van der Waals surface area contributed by atoms with Crippen LogP contribution < -0.4 is 5.32 Å². The minimum atomic E-state index is 0.605. The molecule has 0 aromatic heterocycles. The van der Waals surface area contributed by atoms with Crippen LogP contribution >= 0.6 is 0 Å². The fourth-order valence-electron chi connectivity index (χ4n) is 2.49. The number of likely N-dealkylation sites (tertiary alicyclic amines) is 1. The number of anilines is 1. The van der Waals surface area contributed by atoms with E-state index in [1.807, 2.05) is 0 Å². The van der Waals surface area contributed by atoms with E-state index in [2.05, 4.69) is 61.4 Å². The molecule has 1 aliphatic rings. The van der Waals surface area contributed by atoms with Gasteiger partial charge in [0.1, 0.15) is 0 Å². The molecule has 0 aliphatic carbocycles. The number of nitrogens with one attached hydrogen (secondary N) is 1. The third-order valence-electron chi connectivity index (χ3n) is 3.74. The molecule has 0 radical (unpaired) electrons. The summed E-state index contributed by atoms with van der Waals surface area (Å²) >= 11 is 0. The van der Waals surface area contributed by atoms with Crippen molar-refractivity contribution < 1.29 is 0 Å². The van der Waals surface area contributed by atoms with Crippen LogP contribution in [0.15, 0.2) is 30.3 Å². The lowest BCUT2D eigenvalue weighted by molar-refractivity contribution is 0.145. The molecule has 0 spiro atoms. The summed E-state index contributed by atoms with van der Waals surface area (Å²) in [5.74, 6) is 0.710. The number of piperidine rings is 1. The van der Waals surface area contributed by atoms with Gasteiger partial charge in [-0.1, -0.05) is 25.1 Å². The van der Waals surface area contributed by atoms with E-state index in [-0.39, 0.29) is 0 Å². The first-order valence-corrected chi connectivity index (χ1v) is 6.18. The summed E-state index contributed by atoms with van der Waals surface area (Å²) in [6.45, 7) is 5.83. The second-order valence-electron chi connectivity index (χ2n) is 5.12. The molecule has 1 aromatic carbocycles. The Hall–Kier alpha value is -1.02. The fraction of sp³-hybridized carbons (Fsp3) is 0.571. The first kappa shape index (κ1) is 11.5. The van der Waals surface area contributed by atoms with E-state index in [4.69, 9.17) is 0 Å². The highest BCUT2D eigenvalue weighted by molar-refractivity contribution is 5.43. The quantitative estimate of drug-likeness (QED) is 0.821. The summed E-state index contributed by atoms with van der Waals surface area (Å²) in [6.07, 6.45) is 1.23. The van der Waals surface area contributed by atoms with Crippen LogP contribution in [-0.2, 0) is 0 Å². The second kappa shape index (κ2) is 4.88. The summed E-state index contributed by atoms with van der Waals surface area (Å²) in [5.41, 5.74) is 1.25. The maximum Gasteiger partial charge on any atom is 0.0342 e. The normalized spacial score (nSPS) is 31.3. The molecular weight excluding hydrogens is 196 g/mol. The van der Waals surface area contributed by atoms with Crippen LogP contribution in [0.5, 0.6) is 0 Å². The summed E-state index contributed by atoms with van der Waals surface area (Å²) in [6, 6.07) is 11.8. The lowest BCUT2D eigenvalue weighted by Crippen LogP contribution is -2.48. The number of hydrogen-bond donors (Lipinski definition) is 1. The van der Waals surface area contributed by atoms with Crippen molar-refractivity contribution >= 4 is 5.69 Å². The van der Waals surface area contributed by atoms with Gasteiger partial charge >= 0.3 is 0 Å². The predicted molar refractivity (Wildman–Crippen MR) is 69.7 cm³/mol. The zero-order chi connectivity index (χ0) is 11.5. The summed E-state index contributed by atoms with van der Waals surface area (Å²) < 4.78 is 0. The largest absolute Gasteiger partial charge is 0.382 e. The molecule has 2 nitrogen and oxygen atoms in total. The number of rotatable bonds is 2. The highest BCUT2D eigenvalue weighted by Crippen LogP contribution is 2.23. The van der Waals surface area contributed by atoms with Crippen molar-refractivity contribution in [3.8, 4) is 0 Å².